The van der Waals surface area contributed by atoms with Gasteiger partial charge in [-0.25, -0.2) is 4.98 Å². The molecule has 0 saturated carbocycles. The molecular formula is C13H17N3. The zero-order chi connectivity index (χ0) is 11.8. The third-order valence-electron chi connectivity index (χ3n) is 2.63. The molecule has 0 saturated heterocycles. The first-order chi connectivity index (χ1) is 7.47. The maximum atomic E-state index is 5.58. The van der Waals surface area contributed by atoms with E-state index in [2.05, 4.69) is 50.0 Å². The standard InChI is InChI=1S/C13H17N3/c1-13(2,3)10-4-6-11(7-5-10)16-8-12(14)15-9-16/h4-9H,14H2,1-3H3. The van der Waals surface area contributed by atoms with Crippen molar-refractivity contribution in [3.8, 4) is 5.69 Å². The van der Waals surface area contributed by atoms with Crippen molar-refractivity contribution in [1.29, 1.82) is 0 Å². The number of imidazole rings is 1. The lowest BCUT2D eigenvalue weighted by Gasteiger charge is -2.19. The van der Waals surface area contributed by atoms with E-state index in [-0.39, 0.29) is 5.41 Å². The van der Waals surface area contributed by atoms with Crippen molar-refractivity contribution in [1.82, 2.24) is 9.55 Å². The molecule has 1 aromatic carbocycles. The van der Waals surface area contributed by atoms with Crippen LogP contribution in [0.4, 0.5) is 5.82 Å². The molecule has 0 spiro atoms. The number of hydrogen-bond donors (Lipinski definition) is 1. The monoisotopic (exact) mass is 215 g/mol. The van der Waals surface area contributed by atoms with Gasteiger partial charge in [0.2, 0.25) is 0 Å². The maximum absolute atomic E-state index is 5.58. The van der Waals surface area contributed by atoms with E-state index in [4.69, 9.17) is 5.73 Å². The van der Waals surface area contributed by atoms with Gasteiger partial charge in [-0.3, -0.25) is 0 Å². The van der Waals surface area contributed by atoms with Gasteiger partial charge in [-0.2, -0.15) is 0 Å². The average Bonchev–Trinajstić information content (AvgIpc) is 2.64. The second kappa shape index (κ2) is 3.67. The lowest BCUT2D eigenvalue weighted by atomic mass is 9.87. The molecule has 0 atom stereocenters. The van der Waals surface area contributed by atoms with Crippen LogP contribution in [-0.4, -0.2) is 9.55 Å². The van der Waals surface area contributed by atoms with E-state index in [1.165, 1.54) is 5.56 Å². The van der Waals surface area contributed by atoms with E-state index in [1.807, 2.05) is 10.8 Å². The van der Waals surface area contributed by atoms with E-state index in [0.29, 0.717) is 5.82 Å². The molecule has 2 aromatic rings. The number of benzene rings is 1. The Hall–Kier alpha value is -1.77. The predicted octanol–water partition coefficient (Wildman–Crippen LogP) is 2.75. The molecule has 0 aliphatic heterocycles. The number of nitrogen functional groups attached to an aromatic ring is 1. The average molecular weight is 215 g/mol. The second-order valence-corrected chi connectivity index (χ2v) is 5.00. The van der Waals surface area contributed by atoms with Crippen molar-refractivity contribution < 1.29 is 0 Å². The van der Waals surface area contributed by atoms with Gasteiger partial charge in [-0.15, -0.1) is 0 Å². The molecule has 0 aliphatic rings. The van der Waals surface area contributed by atoms with Crippen LogP contribution in [0.1, 0.15) is 26.3 Å². The minimum atomic E-state index is 0.187. The van der Waals surface area contributed by atoms with E-state index < -0.39 is 0 Å². The SMILES string of the molecule is CC(C)(C)c1ccc(-n2cnc(N)c2)cc1. The molecule has 0 unspecified atom stereocenters. The Kier molecular flexibility index (Phi) is 2.46. The van der Waals surface area contributed by atoms with Crippen LogP contribution in [-0.2, 0) is 5.41 Å². The van der Waals surface area contributed by atoms with Gasteiger partial charge >= 0.3 is 0 Å². The predicted molar refractivity (Wildman–Crippen MR) is 66.7 cm³/mol. The Morgan fingerprint density at radius 3 is 2.19 bits per heavy atom. The van der Waals surface area contributed by atoms with Crippen LogP contribution in [0.5, 0.6) is 0 Å². The van der Waals surface area contributed by atoms with E-state index >= 15 is 0 Å². The zero-order valence-electron chi connectivity index (χ0n) is 9.94. The molecular weight excluding hydrogens is 198 g/mol. The summed E-state index contributed by atoms with van der Waals surface area (Å²) < 4.78 is 1.92. The first-order valence-electron chi connectivity index (χ1n) is 5.37. The van der Waals surface area contributed by atoms with Crippen molar-refractivity contribution in [3.05, 3.63) is 42.4 Å². The summed E-state index contributed by atoms with van der Waals surface area (Å²) in [6.07, 6.45) is 3.54. The number of aromatic nitrogens is 2. The molecule has 3 heteroatoms. The first-order valence-corrected chi connectivity index (χ1v) is 5.37. The third-order valence-corrected chi connectivity index (χ3v) is 2.63. The van der Waals surface area contributed by atoms with Crippen molar-refractivity contribution >= 4 is 5.82 Å². The molecule has 3 nitrogen and oxygen atoms in total. The summed E-state index contributed by atoms with van der Waals surface area (Å²) in [6, 6.07) is 8.46. The highest BCUT2D eigenvalue weighted by molar-refractivity contribution is 5.39. The third kappa shape index (κ3) is 2.08. The van der Waals surface area contributed by atoms with Crippen LogP contribution in [0.25, 0.3) is 5.69 Å². The molecule has 0 aliphatic carbocycles. The number of anilines is 1. The lowest BCUT2D eigenvalue weighted by Crippen LogP contribution is -2.10. The summed E-state index contributed by atoms with van der Waals surface area (Å²) in [5.74, 6) is 0.542. The Labute approximate surface area is 95.9 Å². The fraction of sp³-hybridized carbons (Fsp3) is 0.308. The smallest absolute Gasteiger partial charge is 0.141 e. The Morgan fingerprint density at radius 2 is 1.75 bits per heavy atom. The van der Waals surface area contributed by atoms with Crippen molar-refractivity contribution in [2.75, 3.05) is 5.73 Å². The Morgan fingerprint density at radius 1 is 1.12 bits per heavy atom. The van der Waals surface area contributed by atoms with Crippen LogP contribution in [0.2, 0.25) is 0 Å². The summed E-state index contributed by atoms with van der Waals surface area (Å²) in [5, 5.41) is 0. The molecule has 2 rings (SSSR count). The van der Waals surface area contributed by atoms with Crippen molar-refractivity contribution in [3.63, 3.8) is 0 Å². The fourth-order valence-electron chi connectivity index (χ4n) is 1.61. The number of nitrogens with zero attached hydrogens (tertiary/aromatic N) is 2. The normalized spacial score (nSPS) is 11.7. The van der Waals surface area contributed by atoms with Crippen LogP contribution < -0.4 is 5.73 Å². The van der Waals surface area contributed by atoms with Gasteiger partial charge in [0.1, 0.15) is 12.1 Å². The summed E-state index contributed by atoms with van der Waals surface area (Å²) in [6.45, 7) is 6.62. The summed E-state index contributed by atoms with van der Waals surface area (Å²) in [4.78, 5) is 4.00. The topological polar surface area (TPSA) is 43.8 Å². The zero-order valence-corrected chi connectivity index (χ0v) is 9.94. The van der Waals surface area contributed by atoms with Crippen LogP contribution in [0.3, 0.4) is 0 Å². The van der Waals surface area contributed by atoms with Gasteiger partial charge in [-0.1, -0.05) is 32.9 Å². The van der Waals surface area contributed by atoms with E-state index in [0.717, 1.165) is 5.69 Å². The molecule has 0 bridgehead atoms. The molecule has 1 aromatic heterocycles. The van der Waals surface area contributed by atoms with Gasteiger partial charge in [0.25, 0.3) is 0 Å². The maximum Gasteiger partial charge on any atom is 0.141 e. The van der Waals surface area contributed by atoms with Crippen LogP contribution in [0.15, 0.2) is 36.8 Å². The summed E-state index contributed by atoms with van der Waals surface area (Å²) in [5.41, 5.74) is 8.17. The highest BCUT2D eigenvalue weighted by Gasteiger charge is 2.12. The van der Waals surface area contributed by atoms with Gasteiger partial charge in [0.05, 0.1) is 6.20 Å². The largest absolute Gasteiger partial charge is 0.382 e. The molecule has 0 fully saturated rings. The van der Waals surface area contributed by atoms with Gasteiger partial charge in [0.15, 0.2) is 0 Å². The minimum Gasteiger partial charge on any atom is -0.382 e. The number of nitrogens with two attached hydrogens (primary N) is 1. The molecule has 0 amide bonds. The first kappa shape index (κ1) is 10.7. The van der Waals surface area contributed by atoms with Gasteiger partial charge < -0.3 is 10.3 Å². The molecule has 1 heterocycles. The molecule has 16 heavy (non-hydrogen) atoms. The Bertz CT molecular complexity index is 475. The quantitative estimate of drug-likeness (QED) is 0.795. The van der Waals surface area contributed by atoms with Crippen LogP contribution >= 0.6 is 0 Å². The van der Waals surface area contributed by atoms with E-state index in [9.17, 15) is 0 Å². The van der Waals surface area contributed by atoms with Crippen molar-refractivity contribution in [2.45, 2.75) is 26.2 Å². The molecule has 84 valence electrons. The number of hydrogen-bond acceptors (Lipinski definition) is 2. The van der Waals surface area contributed by atoms with Gasteiger partial charge in [-0.05, 0) is 23.1 Å². The van der Waals surface area contributed by atoms with Gasteiger partial charge in [0, 0.05) is 5.69 Å². The summed E-state index contributed by atoms with van der Waals surface area (Å²) in [7, 11) is 0. The molecule has 2 N–H and O–H groups in total. The number of rotatable bonds is 1. The van der Waals surface area contributed by atoms with E-state index in [1.54, 1.807) is 6.33 Å². The highest BCUT2D eigenvalue weighted by atomic mass is 15.1. The van der Waals surface area contributed by atoms with Crippen LogP contribution in [0, 0.1) is 0 Å². The molecule has 0 radical (unpaired) electrons. The van der Waals surface area contributed by atoms with Crippen molar-refractivity contribution in [2.24, 2.45) is 0 Å². The lowest BCUT2D eigenvalue weighted by molar-refractivity contribution is 0.590. The second-order valence-electron chi connectivity index (χ2n) is 5.00. The summed E-state index contributed by atoms with van der Waals surface area (Å²) >= 11 is 0. The highest BCUT2D eigenvalue weighted by Crippen LogP contribution is 2.23. The Balaban J connectivity index is 2.33. The fourth-order valence-corrected chi connectivity index (χ4v) is 1.61. The minimum absolute atomic E-state index is 0.187.